The van der Waals surface area contributed by atoms with E-state index in [0.29, 0.717) is 18.4 Å². The zero-order valence-electron chi connectivity index (χ0n) is 13.2. The molecule has 0 spiro atoms. The van der Waals surface area contributed by atoms with E-state index in [1.165, 1.54) is 11.3 Å². The SMILES string of the molecule is Cc1csc(-c2cccc(C(=O)NC3(C(=O)O)CCSCC3)c2)n1. The van der Waals surface area contributed by atoms with Crippen molar-refractivity contribution in [1.82, 2.24) is 10.3 Å². The molecule has 0 bridgehead atoms. The van der Waals surface area contributed by atoms with Gasteiger partial charge in [-0.15, -0.1) is 11.3 Å². The number of thiazole rings is 1. The van der Waals surface area contributed by atoms with Gasteiger partial charge in [0, 0.05) is 22.2 Å². The Kier molecular flexibility index (Phi) is 4.91. The van der Waals surface area contributed by atoms with E-state index in [9.17, 15) is 14.7 Å². The van der Waals surface area contributed by atoms with E-state index in [1.807, 2.05) is 18.4 Å². The molecule has 0 aliphatic carbocycles. The molecule has 0 unspecified atom stereocenters. The highest BCUT2D eigenvalue weighted by Crippen LogP contribution is 2.28. The number of benzene rings is 1. The number of aryl methyl sites for hydroxylation is 1. The van der Waals surface area contributed by atoms with Crippen molar-refractivity contribution >= 4 is 35.0 Å². The average Bonchev–Trinajstić information content (AvgIpc) is 3.02. The summed E-state index contributed by atoms with van der Waals surface area (Å²) in [6, 6.07) is 7.16. The second kappa shape index (κ2) is 6.94. The lowest BCUT2D eigenvalue weighted by Gasteiger charge is -2.33. The number of carboxylic acids is 1. The average molecular weight is 362 g/mol. The van der Waals surface area contributed by atoms with Crippen LogP contribution in [-0.2, 0) is 4.79 Å². The molecule has 126 valence electrons. The van der Waals surface area contributed by atoms with Crippen molar-refractivity contribution < 1.29 is 14.7 Å². The summed E-state index contributed by atoms with van der Waals surface area (Å²) in [5, 5.41) is 15.2. The van der Waals surface area contributed by atoms with Gasteiger partial charge in [-0.1, -0.05) is 12.1 Å². The normalized spacial score (nSPS) is 16.5. The van der Waals surface area contributed by atoms with Crippen LogP contribution in [0.5, 0.6) is 0 Å². The molecule has 0 saturated carbocycles. The van der Waals surface area contributed by atoms with E-state index in [1.54, 1.807) is 30.0 Å². The number of aromatic nitrogens is 1. The number of carbonyl (C=O) groups is 2. The van der Waals surface area contributed by atoms with Gasteiger partial charge >= 0.3 is 5.97 Å². The lowest BCUT2D eigenvalue weighted by Crippen LogP contribution is -2.56. The van der Waals surface area contributed by atoms with Crippen molar-refractivity contribution in [3.05, 3.63) is 40.9 Å². The van der Waals surface area contributed by atoms with Crippen LogP contribution in [0.3, 0.4) is 0 Å². The lowest BCUT2D eigenvalue weighted by atomic mass is 9.91. The first-order valence-corrected chi connectivity index (χ1v) is 9.70. The Bertz CT molecular complexity index is 767. The van der Waals surface area contributed by atoms with Crippen molar-refractivity contribution in [3.63, 3.8) is 0 Å². The number of rotatable bonds is 4. The van der Waals surface area contributed by atoms with Crippen LogP contribution in [0.25, 0.3) is 10.6 Å². The van der Waals surface area contributed by atoms with Crippen molar-refractivity contribution in [3.8, 4) is 10.6 Å². The third kappa shape index (κ3) is 3.47. The summed E-state index contributed by atoms with van der Waals surface area (Å²) in [7, 11) is 0. The Hall–Kier alpha value is -1.86. The molecular formula is C17H18N2O3S2. The minimum Gasteiger partial charge on any atom is -0.480 e. The molecule has 24 heavy (non-hydrogen) atoms. The van der Waals surface area contributed by atoms with E-state index >= 15 is 0 Å². The Morgan fingerprint density at radius 2 is 2.04 bits per heavy atom. The van der Waals surface area contributed by atoms with E-state index in [0.717, 1.165) is 27.8 Å². The number of aliphatic carboxylic acids is 1. The van der Waals surface area contributed by atoms with Gasteiger partial charge in [-0.3, -0.25) is 4.79 Å². The van der Waals surface area contributed by atoms with Crippen LogP contribution < -0.4 is 5.32 Å². The number of carboxylic acid groups (broad SMARTS) is 1. The third-order valence-corrected chi connectivity index (χ3v) is 6.09. The fraction of sp³-hybridized carbons (Fsp3) is 0.353. The molecule has 1 saturated heterocycles. The molecule has 3 rings (SSSR count). The lowest BCUT2D eigenvalue weighted by molar-refractivity contribution is -0.144. The monoisotopic (exact) mass is 362 g/mol. The molecule has 0 radical (unpaired) electrons. The molecule has 1 aliphatic heterocycles. The predicted molar refractivity (Wildman–Crippen MR) is 96.7 cm³/mol. The number of amides is 1. The molecule has 2 aromatic rings. The summed E-state index contributed by atoms with van der Waals surface area (Å²) in [6.07, 6.45) is 0.897. The predicted octanol–water partition coefficient (Wildman–Crippen LogP) is 3.20. The highest BCUT2D eigenvalue weighted by Gasteiger charge is 2.41. The van der Waals surface area contributed by atoms with Gasteiger partial charge in [-0.2, -0.15) is 11.8 Å². The van der Waals surface area contributed by atoms with Crippen LogP contribution in [0.15, 0.2) is 29.6 Å². The van der Waals surface area contributed by atoms with Gasteiger partial charge < -0.3 is 10.4 Å². The fourth-order valence-electron chi connectivity index (χ4n) is 2.68. The van der Waals surface area contributed by atoms with Crippen LogP contribution in [-0.4, -0.2) is 39.0 Å². The van der Waals surface area contributed by atoms with Gasteiger partial charge in [-0.05, 0) is 43.4 Å². The molecule has 0 atom stereocenters. The van der Waals surface area contributed by atoms with Gasteiger partial charge in [-0.25, -0.2) is 9.78 Å². The highest BCUT2D eigenvalue weighted by atomic mass is 32.2. The molecule has 5 nitrogen and oxygen atoms in total. The van der Waals surface area contributed by atoms with Crippen molar-refractivity contribution in [2.75, 3.05) is 11.5 Å². The van der Waals surface area contributed by atoms with E-state index in [4.69, 9.17) is 0 Å². The third-order valence-electron chi connectivity index (χ3n) is 4.10. The molecule has 1 fully saturated rings. The molecular weight excluding hydrogens is 344 g/mol. The molecule has 2 heterocycles. The van der Waals surface area contributed by atoms with Crippen LogP contribution >= 0.6 is 23.1 Å². The van der Waals surface area contributed by atoms with Crippen molar-refractivity contribution in [2.24, 2.45) is 0 Å². The van der Waals surface area contributed by atoms with Crippen LogP contribution in [0, 0.1) is 6.92 Å². The minimum atomic E-state index is -1.16. The molecule has 1 amide bonds. The largest absolute Gasteiger partial charge is 0.480 e. The van der Waals surface area contributed by atoms with Crippen LogP contribution in [0.2, 0.25) is 0 Å². The van der Waals surface area contributed by atoms with E-state index in [-0.39, 0.29) is 5.91 Å². The number of nitrogens with zero attached hydrogens (tertiary/aromatic N) is 1. The Morgan fingerprint density at radius 1 is 1.29 bits per heavy atom. The zero-order chi connectivity index (χ0) is 17.2. The first-order valence-electron chi connectivity index (χ1n) is 7.66. The second-order valence-electron chi connectivity index (χ2n) is 5.83. The Balaban J connectivity index is 1.83. The molecule has 7 heteroatoms. The summed E-state index contributed by atoms with van der Waals surface area (Å²) in [5.74, 6) is 0.179. The first kappa shape index (κ1) is 17.0. The summed E-state index contributed by atoms with van der Waals surface area (Å²) in [5.41, 5.74) is 1.11. The molecule has 1 aromatic heterocycles. The van der Waals surface area contributed by atoms with Crippen molar-refractivity contribution in [2.45, 2.75) is 25.3 Å². The summed E-state index contributed by atoms with van der Waals surface area (Å²) in [6.45, 7) is 1.92. The summed E-state index contributed by atoms with van der Waals surface area (Å²) < 4.78 is 0. The Morgan fingerprint density at radius 3 is 2.67 bits per heavy atom. The number of hydrogen-bond donors (Lipinski definition) is 2. The highest BCUT2D eigenvalue weighted by molar-refractivity contribution is 7.99. The Labute approximate surface area is 148 Å². The van der Waals surface area contributed by atoms with Gasteiger partial charge in [0.25, 0.3) is 5.91 Å². The van der Waals surface area contributed by atoms with Gasteiger partial charge in [0.1, 0.15) is 10.5 Å². The number of carbonyl (C=O) groups excluding carboxylic acids is 1. The first-order chi connectivity index (χ1) is 11.5. The molecule has 1 aromatic carbocycles. The van der Waals surface area contributed by atoms with Gasteiger partial charge in [0.15, 0.2) is 0 Å². The topological polar surface area (TPSA) is 79.3 Å². The maximum atomic E-state index is 12.6. The van der Waals surface area contributed by atoms with Crippen molar-refractivity contribution in [1.29, 1.82) is 0 Å². The number of thioether (sulfide) groups is 1. The maximum Gasteiger partial charge on any atom is 0.329 e. The number of nitrogens with one attached hydrogen (secondary N) is 1. The van der Waals surface area contributed by atoms with E-state index in [2.05, 4.69) is 10.3 Å². The quantitative estimate of drug-likeness (QED) is 0.873. The zero-order valence-corrected chi connectivity index (χ0v) is 14.9. The van der Waals surface area contributed by atoms with Crippen LogP contribution in [0.1, 0.15) is 28.9 Å². The summed E-state index contributed by atoms with van der Waals surface area (Å²) >= 11 is 3.24. The molecule has 1 aliphatic rings. The smallest absolute Gasteiger partial charge is 0.329 e. The number of hydrogen-bond acceptors (Lipinski definition) is 5. The fourth-order valence-corrected chi connectivity index (χ4v) is 4.67. The van der Waals surface area contributed by atoms with Crippen LogP contribution in [0.4, 0.5) is 0 Å². The van der Waals surface area contributed by atoms with E-state index < -0.39 is 11.5 Å². The summed E-state index contributed by atoms with van der Waals surface area (Å²) in [4.78, 5) is 28.7. The standard InChI is InChI=1S/C17H18N2O3S2/c1-11-10-24-15(18-11)13-4-2-3-12(9-13)14(20)19-17(16(21)22)5-7-23-8-6-17/h2-4,9-10H,5-8H2,1H3,(H,19,20)(H,21,22). The minimum absolute atomic E-state index is 0.348. The maximum absolute atomic E-state index is 12.6. The van der Waals surface area contributed by atoms with Gasteiger partial charge in [0.05, 0.1) is 0 Å². The van der Waals surface area contributed by atoms with Gasteiger partial charge in [0.2, 0.25) is 0 Å². The molecule has 2 N–H and O–H groups in total. The second-order valence-corrected chi connectivity index (χ2v) is 7.91.